The minimum absolute atomic E-state index is 0.331. The van der Waals surface area contributed by atoms with Gasteiger partial charge in [0.2, 0.25) is 7.37 Å². The second kappa shape index (κ2) is 7.12. The number of nitrogens with zero attached hydrogens (tertiary/aromatic N) is 1. The summed E-state index contributed by atoms with van der Waals surface area (Å²) in [5, 5.41) is 8.37. The Bertz CT molecular complexity index is 210. The lowest BCUT2D eigenvalue weighted by Gasteiger charge is -2.14. The van der Waals surface area contributed by atoms with Gasteiger partial charge in [-0.05, 0) is 6.42 Å². The van der Waals surface area contributed by atoms with Crippen molar-refractivity contribution in [1.82, 2.24) is 0 Å². The Morgan fingerprint density at radius 1 is 1.46 bits per heavy atom. The fraction of sp³-hybridized carbons (Fsp3) is 0.889. The molecule has 1 atom stereocenters. The minimum atomic E-state index is -2.47. The zero-order chi connectivity index (χ0) is 10.2. The van der Waals surface area contributed by atoms with Crippen molar-refractivity contribution in [2.24, 2.45) is 0 Å². The number of unbranched alkanes of at least 4 members (excludes halogenated alkanes) is 1. The van der Waals surface area contributed by atoms with Crippen LogP contribution in [0.5, 0.6) is 0 Å². The fourth-order valence-electron chi connectivity index (χ4n) is 0.910. The monoisotopic (exact) mass is 203 g/mol. The Hall–Kier alpha value is -0.320. The van der Waals surface area contributed by atoms with Crippen LogP contribution in [0.25, 0.3) is 0 Å². The van der Waals surface area contributed by atoms with Crippen molar-refractivity contribution in [3.8, 4) is 6.07 Å². The normalized spacial score (nSPS) is 14.8. The number of hydrogen-bond donors (Lipinski definition) is 0. The quantitative estimate of drug-likeness (QED) is 0.472. The lowest BCUT2D eigenvalue weighted by atomic mass is 10.4. The van der Waals surface area contributed by atoms with Crippen molar-refractivity contribution in [3.63, 3.8) is 0 Å². The molecule has 0 fully saturated rings. The summed E-state index contributed by atoms with van der Waals surface area (Å²) in [5.74, 6) is 0. The van der Waals surface area contributed by atoms with Gasteiger partial charge in [-0.3, -0.25) is 4.57 Å². The van der Waals surface area contributed by atoms with Gasteiger partial charge in [0.05, 0.1) is 12.7 Å². The fourth-order valence-corrected chi connectivity index (χ4v) is 2.44. The number of nitriles is 1. The van der Waals surface area contributed by atoms with Gasteiger partial charge in [-0.25, -0.2) is 0 Å². The number of rotatable bonds is 7. The van der Waals surface area contributed by atoms with Crippen molar-refractivity contribution in [2.45, 2.75) is 33.1 Å². The molecule has 0 spiro atoms. The molecule has 0 amide bonds. The molecule has 0 aromatic heterocycles. The summed E-state index contributed by atoms with van der Waals surface area (Å²) < 4.78 is 17.2. The van der Waals surface area contributed by atoms with Crippen LogP contribution in [0.3, 0.4) is 0 Å². The molecular weight excluding hydrogens is 185 g/mol. The lowest BCUT2D eigenvalue weighted by Crippen LogP contribution is -1.99. The molecule has 0 radical (unpaired) electrons. The first-order valence-corrected chi connectivity index (χ1v) is 6.77. The van der Waals surface area contributed by atoms with E-state index in [1.54, 1.807) is 0 Å². The molecule has 0 aliphatic carbocycles. The van der Waals surface area contributed by atoms with Crippen LogP contribution < -0.4 is 0 Å². The Morgan fingerprint density at radius 2 is 2.15 bits per heavy atom. The predicted octanol–water partition coefficient (Wildman–Crippen LogP) is 3.01. The van der Waals surface area contributed by atoms with Crippen LogP contribution >= 0.6 is 7.37 Å². The minimum Gasteiger partial charge on any atom is -0.328 e. The van der Waals surface area contributed by atoms with E-state index < -0.39 is 7.37 Å². The molecule has 0 aliphatic heterocycles. The van der Waals surface area contributed by atoms with E-state index in [1.807, 2.05) is 13.0 Å². The average Bonchev–Trinajstić information content (AvgIpc) is 2.15. The molecule has 3 nitrogen and oxygen atoms in total. The molecule has 0 bridgehead atoms. The third-order valence-corrected chi connectivity index (χ3v) is 4.39. The van der Waals surface area contributed by atoms with Crippen LogP contribution in [0.2, 0.25) is 0 Å². The molecule has 1 unspecified atom stereocenters. The van der Waals surface area contributed by atoms with Crippen LogP contribution in [0.15, 0.2) is 0 Å². The molecule has 76 valence electrons. The summed E-state index contributed by atoms with van der Waals surface area (Å²) in [5.41, 5.74) is 0. The van der Waals surface area contributed by atoms with Gasteiger partial charge in [-0.15, -0.1) is 0 Å². The van der Waals surface area contributed by atoms with Gasteiger partial charge in [0.15, 0.2) is 0 Å². The Balaban J connectivity index is 3.83. The van der Waals surface area contributed by atoms with E-state index in [1.165, 1.54) is 0 Å². The zero-order valence-corrected chi connectivity index (χ0v) is 9.35. The maximum absolute atomic E-state index is 11.8. The van der Waals surface area contributed by atoms with E-state index in [4.69, 9.17) is 9.79 Å². The Kier molecular flexibility index (Phi) is 6.94. The Labute approximate surface area is 80.5 Å². The maximum Gasteiger partial charge on any atom is 0.203 e. The molecule has 0 saturated carbocycles. The summed E-state index contributed by atoms with van der Waals surface area (Å²) in [4.78, 5) is 0. The van der Waals surface area contributed by atoms with E-state index in [2.05, 4.69) is 6.92 Å². The predicted molar refractivity (Wildman–Crippen MR) is 54.1 cm³/mol. The van der Waals surface area contributed by atoms with Crippen molar-refractivity contribution in [3.05, 3.63) is 0 Å². The SMILES string of the molecule is CCCCOP(=O)(CC)CCC#N. The van der Waals surface area contributed by atoms with E-state index in [0.717, 1.165) is 12.8 Å². The van der Waals surface area contributed by atoms with Crippen molar-refractivity contribution < 1.29 is 9.09 Å². The highest BCUT2D eigenvalue weighted by atomic mass is 31.2. The molecule has 0 N–H and O–H groups in total. The zero-order valence-electron chi connectivity index (χ0n) is 8.45. The molecule has 0 saturated heterocycles. The highest BCUT2D eigenvalue weighted by Gasteiger charge is 2.19. The number of hydrogen-bond acceptors (Lipinski definition) is 3. The van der Waals surface area contributed by atoms with Crippen molar-refractivity contribution in [2.75, 3.05) is 18.9 Å². The molecule has 0 aromatic carbocycles. The second-order valence-electron chi connectivity index (χ2n) is 2.95. The summed E-state index contributed by atoms with van der Waals surface area (Å²) in [7, 11) is -2.47. The van der Waals surface area contributed by atoms with Crippen LogP contribution in [0.4, 0.5) is 0 Å². The Morgan fingerprint density at radius 3 is 2.62 bits per heavy atom. The van der Waals surface area contributed by atoms with Gasteiger partial charge >= 0.3 is 0 Å². The van der Waals surface area contributed by atoms with Gasteiger partial charge < -0.3 is 4.52 Å². The van der Waals surface area contributed by atoms with Gasteiger partial charge in [0.25, 0.3) is 0 Å². The molecule has 4 heteroatoms. The standard InChI is InChI=1S/C9H18NO2P/c1-3-5-8-12-13(11,4-2)9-6-7-10/h3-6,8-9H2,1-2H3. The van der Waals surface area contributed by atoms with E-state index >= 15 is 0 Å². The van der Waals surface area contributed by atoms with Gasteiger partial charge in [-0.2, -0.15) is 5.26 Å². The van der Waals surface area contributed by atoms with Crippen LogP contribution in [0.1, 0.15) is 33.1 Å². The van der Waals surface area contributed by atoms with Crippen LogP contribution in [-0.2, 0) is 9.09 Å². The van der Waals surface area contributed by atoms with Gasteiger partial charge in [0.1, 0.15) is 0 Å². The summed E-state index contributed by atoms with van der Waals surface area (Å²) in [6.45, 7) is 4.48. The molecule has 0 rings (SSSR count). The summed E-state index contributed by atoms with van der Waals surface area (Å²) in [6, 6.07) is 2.00. The van der Waals surface area contributed by atoms with Gasteiger partial charge in [-0.1, -0.05) is 20.3 Å². The molecule has 0 aromatic rings. The summed E-state index contributed by atoms with van der Waals surface area (Å²) >= 11 is 0. The van der Waals surface area contributed by atoms with E-state index in [0.29, 0.717) is 25.4 Å². The van der Waals surface area contributed by atoms with Crippen molar-refractivity contribution in [1.29, 1.82) is 5.26 Å². The smallest absolute Gasteiger partial charge is 0.203 e. The third kappa shape index (κ3) is 5.85. The third-order valence-electron chi connectivity index (χ3n) is 1.87. The molecular formula is C9H18NO2P. The largest absolute Gasteiger partial charge is 0.328 e. The van der Waals surface area contributed by atoms with Crippen LogP contribution in [0, 0.1) is 11.3 Å². The van der Waals surface area contributed by atoms with Crippen LogP contribution in [-0.4, -0.2) is 18.9 Å². The van der Waals surface area contributed by atoms with Gasteiger partial charge in [0, 0.05) is 18.7 Å². The highest BCUT2D eigenvalue weighted by Crippen LogP contribution is 2.46. The summed E-state index contributed by atoms with van der Waals surface area (Å²) in [6.07, 6.45) is 3.26. The molecule has 13 heavy (non-hydrogen) atoms. The van der Waals surface area contributed by atoms with E-state index in [-0.39, 0.29) is 0 Å². The first kappa shape index (κ1) is 12.7. The molecule has 0 heterocycles. The first-order valence-electron chi connectivity index (χ1n) is 4.78. The lowest BCUT2D eigenvalue weighted by molar-refractivity contribution is 0.306. The van der Waals surface area contributed by atoms with Crippen molar-refractivity contribution >= 4 is 7.37 Å². The first-order chi connectivity index (χ1) is 6.18. The maximum atomic E-state index is 11.8. The van der Waals surface area contributed by atoms with E-state index in [9.17, 15) is 4.57 Å². The topological polar surface area (TPSA) is 50.1 Å². The second-order valence-corrected chi connectivity index (χ2v) is 5.92. The average molecular weight is 203 g/mol. The molecule has 0 aliphatic rings. The highest BCUT2D eigenvalue weighted by molar-refractivity contribution is 7.58.